The van der Waals surface area contributed by atoms with Crippen molar-refractivity contribution in [3.05, 3.63) is 0 Å². The number of amides is 1. The van der Waals surface area contributed by atoms with Crippen LogP contribution >= 0.6 is 0 Å². The highest BCUT2D eigenvalue weighted by Gasteiger charge is 2.26. The fourth-order valence-corrected chi connectivity index (χ4v) is 4.35. The normalized spacial score (nSPS) is 33.5. The number of carbonyl (C=O) groups excluding carboxylic acids is 1. The first kappa shape index (κ1) is 15.7. The van der Waals surface area contributed by atoms with E-state index in [-0.39, 0.29) is 36.0 Å². The molecule has 2 rings (SSSR count). The van der Waals surface area contributed by atoms with Gasteiger partial charge in [-0.05, 0) is 31.6 Å². The second kappa shape index (κ2) is 6.87. The van der Waals surface area contributed by atoms with Crippen molar-refractivity contribution in [1.82, 2.24) is 10.6 Å². The van der Waals surface area contributed by atoms with Gasteiger partial charge in [0.2, 0.25) is 5.91 Å². The topological polar surface area (TPSA) is 95.5 Å². The Morgan fingerprint density at radius 1 is 1.25 bits per heavy atom. The maximum Gasteiger partial charge on any atom is 0.221 e. The van der Waals surface area contributed by atoms with Gasteiger partial charge in [-0.3, -0.25) is 4.79 Å². The van der Waals surface area contributed by atoms with E-state index in [1.165, 1.54) is 0 Å². The van der Waals surface area contributed by atoms with Crippen LogP contribution < -0.4 is 10.6 Å². The Balaban J connectivity index is 1.67. The highest BCUT2D eigenvalue weighted by molar-refractivity contribution is 7.91. The molecule has 0 aromatic rings. The lowest BCUT2D eigenvalue weighted by molar-refractivity contribution is -0.121. The molecule has 1 aliphatic carbocycles. The van der Waals surface area contributed by atoms with Crippen molar-refractivity contribution in [2.75, 3.05) is 24.6 Å². The van der Waals surface area contributed by atoms with Crippen LogP contribution in [0, 0.1) is 5.92 Å². The van der Waals surface area contributed by atoms with Crippen LogP contribution in [0.5, 0.6) is 0 Å². The van der Waals surface area contributed by atoms with Gasteiger partial charge in [0.15, 0.2) is 9.84 Å². The van der Waals surface area contributed by atoms with E-state index in [9.17, 15) is 18.3 Å². The Bertz CT molecular complexity index is 430. The van der Waals surface area contributed by atoms with Gasteiger partial charge in [0.05, 0.1) is 17.6 Å². The van der Waals surface area contributed by atoms with Crippen LogP contribution in [-0.2, 0) is 14.6 Å². The Morgan fingerprint density at radius 2 is 1.95 bits per heavy atom. The first-order valence-corrected chi connectivity index (χ1v) is 9.15. The summed E-state index contributed by atoms with van der Waals surface area (Å²) < 4.78 is 23.0. The van der Waals surface area contributed by atoms with E-state index in [2.05, 4.69) is 10.6 Å². The molecule has 1 unspecified atom stereocenters. The third-order valence-corrected chi connectivity index (χ3v) is 5.87. The van der Waals surface area contributed by atoms with Crippen molar-refractivity contribution < 1.29 is 18.3 Å². The summed E-state index contributed by atoms with van der Waals surface area (Å²) >= 11 is 0. The molecule has 2 aliphatic rings. The molecule has 0 radical (unpaired) electrons. The molecule has 0 bridgehead atoms. The minimum absolute atomic E-state index is 0.0516. The quantitative estimate of drug-likeness (QED) is 0.646. The second-order valence-corrected chi connectivity index (χ2v) is 8.18. The first-order valence-electron chi connectivity index (χ1n) is 7.33. The number of carbonyl (C=O) groups is 1. The molecule has 0 spiro atoms. The summed E-state index contributed by atoms with van der Waals surface area (Å²) in [5, 5.41) is 15.4. The molecule has 6 nitrogen and oxygen atoms in total. The predicted molar refractivity (Wildman–Crippen MR) is 76.0 cm³/mol. The molecule has 7 heteroatoms. The van der Waals surface area contributed by atoms with Gasteiger partial charge in [0, 0.05) is 25.6 Å². The molecule has 1 amide bonds. The first-order chi connectivity index (χ1) is 9.44. The van der Waals surface area contributed by atoms with Crippen molar-refractivity contribution >= 4 is 15.7 Å². The second-order valence-electron chi connectivity index (χ2n) is 5.95. The third-order valence-electron chi connectivity index (χ3n) is 4.14. The zero-order valence-electron chi connectivity index (χ0n) is 11.7. The van der Waals surface area contributed by atoms with Gasteiger partial charge in [-0.15, -0.1) is 0 Å². The summed E-state index contributed by atoms with van der Waals surface area (Å²) in [5.41, 5.74) is 0. The van der Waals surface area contributed by atoms with Gasteiger partial charge in [-0.1, -0.05) is 0 Å². The Labute approximate surface area is 120 Å². The number of hydrogen-bond donors (Lipinski definition) is 3. The fraction of sp³-hybridized carbons (Fsp3) is 0.923. The van der Waals surface area contributed by atoms with Gasteiger partial charge in [-0.25, -0.2) is 8.42 Å². The van der Waals surface area contributed by atoms with Gasteiger partial charge >= 0.3 is 0 Å². The SMILES string of the molecule is O=C(CC1CS(=O)(=O)CCN1)NCC1CCC(O)CC1. The van der Waals surface area contributed by atoms with Crippen LogP contribution in [0.1, 0.15) is 32.1 Å². The van der Waals surface area contributed by atoms with Crippen LogP contribution in [0.15, 0.2) is 0 Å². The number of rotatable bonds is 4. The van der Waals surface area contributed by atoms with Crippen LogP contribution in [0.25, 0.3) is 0 Å². The molecule has 0 aromatic heterocycles. The molecule has 2 fully saturated rings. The number of hydrogen-bond acceptors (Lipinski definition) is 5. The maximum atomic E-state index is 11.8. The summed E-state index contributed by atoms with van der Waals surface area (Å²) in [6.45, 7) is 1.06. The zero-order chi connectivity index (χ0) is 14.6. The predicted octanol–water partition coefficient (Wildman–Crippen LogP) is -0.570. The molecule has 3 N–H and O–H groups in total. The lowest BCUT2D eigenvalue weighted by Gasteiger charge is -2.26. The van der Waals surface area contributed by atoms with E-state index in [0.29, 0.717) is 19.0 Å². The molecule has 1 saturated carbocycles. The lowest BCUT2D eigenvalue weighted by atomic mass is 9.87. The van der Waals surface area contributed by atoms with E-state index in [1.807, 2.05) is 0 Å². The number of aliphatic hydroxyl groups excluding tert-OH is 1. The monoisotopic (exact) mass is 304 g/mol. The van der Waals surface area contributed by atoms with E-state index in [4.69, 9.17) is 0 Å². The van der Waals surface area contributed by atoms with Crippen molar-refractivity contribution in [3.63, 3.8) is 0 Å². The van der Waals surface area contributed by atoms with Crippen LogP contribution in [0.4, 0.5) is 0 Å². The van der Waals surface area contributed by atoms with Gasteiger partial charge in [-0.2, -0.15) is 0 Å². The fourth-order valence-electron chi connectivity index (χ4n) is 2.90. The number of nitrogens with one attached hydrogen (secondary N) is 2. The summed E-state index contributed by atoms with van der Waals surface area (Å²) in [7, 11) is -2.99. The van der Waals surface area contributed by atoms with Crippen LogP contribution in [-0.4, -0.2) is 56.2 Å². The number of sulfone groups is 1. The van der Waals surface area contributed by atoms with Crippen LogP contribution in [0.3, 0.4) is 0 Å². The maximum absolute atomic E-state index is 11.8. The third kappa shape index (κ3) is 5.03. The Morgan fingerprint density at radius 3 is 2.60 bits per heavy atom. The Kier molecular flexibility index (Phi) is 5.40. The molecule has 20 heavy (non-hydrogen) atoms. The zero-order valence-corrected chi connectivity index (χ0v) is 12.5. The van der Waals surface area contributed by atoms with Gasteiger partial charge in [0.25, 0.3) is 0 Å². The highest BCUT2D eigenvalue weighted by atomic mass is 32.2. The largest absolute Gasteiger partial charge is 0.393 e. The average molecular weight is 304 g/mol. The van der Waals surface area contributed by atoms with E-state index < -0.39 is 9.84 Å². The number of aliphatic hydroxyl groups is 1. The van der Waals surface area contributed by atoms with Crippen molar-refractivity contribution in [2.45, 2.75) is 44.2 Å². The van der Waals surface area contributed by atoms with Gasteiger partial charge in [0.1, 0.15) is 0 Å². The summed E-state index contributed by atoms with van der Waals surface area (Å²) in [5.74, 6) is 0.557. The minimum atomic E-state index is -2.99. The van der Waals surface area contributed by atoms with E-state index in [0.717, 1.165) is 25.7 Å². The van der Waals surface area contributed by atoms with Crippen molar-refractivity contribution in [3.8, 4) is 0 Å². The smallest absolute Gasteiger partial charge is 0.221 e. The van der Waals surface area contributed by atoms with Crippen molar-refractivity contribution in [2.24, 2.45) is 5.92 Å². The molecular weight excluding hydrogens is 280 g/mol. The molecule has 1 atom stereocenters. The van der Waals surface area contributed by atoms with E-state index >= 15 is 0 Å². The van der Waals surface area contributed by atoms with E-state index in [1.54, 1.807) is 0 Å². The standard InChI is InChI=1S/C13H24N2O4S/c16-12-3-1-10(2-4-12)8-15-13(17)7-11-9-20(18,19)6-5-14-11/h10-12,14,16H,1-9H2,(H,15,17). The molecule has 0 aromatic carbocycles. The highest BCUT2D eigenvalue weighted by Crippen LogP contribution is 2.23. The average Bonchev–Trinajstić information content (AvgIpc) is 2.37. The molecule has 1 aliphatic heterocycles. The molecule has 116 valence electrons. The van der Waals surface area contributed by atoms with Gasteiger partial charge < -0.3 is 15.7 Å². The van der Waals surface area contributed by atoms with Crippen molar-refractivity contribution in [1.29, 1.82) is 0 Å². The molecule has 1 heterocycles. The lowest BCUT2D eigenvalue weighted by Crippen LogP contribution is -2.47. The summed E-state index contributed by atoms with van der Waals surface area (Å²) in [6, 6.07) is -0.262. The summed E-state index contributed by atoms with van der Waals surface area (Å²) in [4.78, 5) is 11.8. The summed E-state index contributed by atoms with van der Waals surface area (Å²) in [6.07, 6.45) is 3.54. The minimum Gasteiger partial charge on any atom is -0.393 e. The Hall–Kier alpha value is -0.660. The molecular formula is C13H24N2O4S. The van der Waals surface area contributed by atoms with Crippen LogP contribution in [0.2, 0.25) is 0 Å². The molecule has 1 saturated heterocycles.